The predicted molar refractivity (Wildman–Crippen MR) is 87.5 cm³/mol. The molecular formula is C16H18BrNS. The van der Waals surface area contributed by atoms with E-state index in [0.29, 0.717) is 0 Å². The Morgan fingerprint density at radius 3 is 2.63 bits per heavy atom. The number of halogens is 1. The van der Waals surface area contributed by atoms with Crippen LogP contribution in [0.1, 0.15) is 29.7 Å². The van der Waals surface area contributed by atoms with Gasteiger partial charge in [-0.3, -0.25) is 0 Å². The maximum absolute atomic E-state index is 6.03. The molecule has 0 aliphatic heterocycles. The summed E-state index contributed by atoms with van der Waals surface area (Å²) in [5, 5.41) is 0. The molecule has 0 fully saturated rings. The highest BCUT2D eigenvalue weighted by molar-refractivity contribution is 9.10. The van der Waals surface area contributed by atoms with Crippen molar-refractivity contribution in [2.75, 3.05) is 0 Å². The van der Waals surface area contributed by atoms with Gasteiger partial charge in [0.1, 0.15) is 0 Å². The van der Waals surface area contributed by atoms with E-state index in [9.17, 15) is 0 Å². The highest BCUT2D eigenvalue weighted by atomic mass is 79.9. The number of thioether (sulfide) groups is 1. The van der Waals surface area contributed by atoms with E-state index in [1.807, 2.05) is 18.7 Å². The number of aryl methyl sites for hydroxylation is 1. The Balaban J connectivity index is 2.19. The summed E-state index contributed by atoms with van der Waals surface area (Å²) in [5.41, 5.74) is 9.96. The van der Waals surface area contributed by atoms with Gasteiger partial charge in [0.15, 0.2) is 0 Å². The van der Waals surface area contributed by atoms with Crippen LogP contribution in [0.25, 0.3) is 0 Å². The van der Waals surface area contributed by atoms with Crippen LogP contribution in [0.4, 0.5) is 0 Å². The molecule has 1 atom stereocenters. The van der Waals surface area contributed by atoms with Gasteiger partial charge in [0.2, 0.25) is 0 Å². The Hall–Kier alpha value is -0.770. The zero-order valence-corrected chi connectivity index (χ0v) is 13.6. The molecule has 0 aliphatic rings. The summed E-state index contributed by atoms with van der Waals surface area (Å²) in [7, 11) is 0. The quantitative estimate of drug-likeness (QED) is 0.789. The molecule has 1 unspecified atom stereocenters. The Bertz CT molecular complexity index is 566. The van der Waals surface area contributed by atoms with E-state index >= 15 is 0 Å². The lowest BCUT2D eigenvalue weighted by Gasteiger charge is -2.13. The van der Waals surface area contributed by atoms with Crippen molar-refractivity contribution in [1.29, 1.82) is 0 Å². The first-order chi connectivity index (χ1) is 9.08. The van der Waals surface area contributed by atoms with Crippen LogP contribution in [0.3, 0.4) is 0 Å². The molecule has 0 saturated carbocycles. The third-order valence-electron chi connectivity index (χ3n) is 3.11. The smallest absolute Gasteiger partial charge is 0.0277 e. The number of rotatable bonds is 4. The van der Waals surface area contributed by atoms with E-state index in [1.165, 1.54) is 21.6 Å². The van der Waals surface area contributed by atoms with Crippen LogP contribution in [0.2, 0.25) is 0 Å². The van der Waals surface area contributed by atoms with E-state index in [-0.39, 0.29) is 6.04 Å². The number of hydrogen-bond donors (Lipinski definition) is 1. The van der Waals surface area contributed by atoms with Crippen molar-refractivity contribution in [2.24, 2.45) is 5.73 Å². The van der Waals surface area contributed by atoms with Gasteiger partial charge < -0.3 is 5.73 Å². The van der Waals surface area contributed by atoms with E-state index < -0.39 is 0 Å². The van der Waals surface area contributed by atoms with Crippen LogP contribution in [-0.4, -0.2) is 0 Å². The van der Waals surface area contributed by atoms with E-state index in [2.05, 4.69) is 65.3 Å². The van der Waals surface area contributed by atoms with Gasteiger partial charge in [0.25, 0.3) is 0 Å². The lowest BCUT2D eigenvalue weighted by atomic mass is 10.1. The summed E-state index contributed by atoms with van der Waals surface area (Å²) in [6.45, 7) is 4.18. The minimum Gasteiger partial charge on any atom is -0.324 e. The van der Waals surface area contributed by atoms with Gasteiger partial charge in [-0.25, -0.2) is 0 Å². The predicted octanol–water partition coefficient (Wildman–Crippen LogP) is 5.07. The summed E-state index contributed by atoms with van der Waals surface area (Å²) in [5.74, 6) is 0.975. The van der Waals surface area contributed by atoms with Crippen LogP contribution < -0.4 is 5.73 Å². The highest BCUT2D eigenvalue weighted by Gasteiger charge is 2.09. The molecule has 2 aromatic carbocycles. The Kier molecular flexibility index (Phi) is 5.08. The van der Waals surface area contributed by atoms with Gasteiger partial charge in [0, 0.05) is 21.2 Å². The molecule has 0 aromatic heterocycles. The lowest BCUT2D eigenvalue weighted by molar-refractivity contribution is 0.797. The third-order valence-corrected chi connectivity index (χ3v) is 4.72. The van der Waals surface area contributed by atoms with E-state index in [4.69, 9.17) is 5.73 Å². The van der Waals surface area contributed by atoms with Crippen molar-refractivity contribution in [3.8, 4) is 0 Å². The van der Waals surface area contributed by atoms with Gasteiger partial charge in [-0.1, -0.05) is 46.3 Å². The molecule has 1 nitrogen and oxygen atoms in total. The Labute approximate surface area is 127 Å². The van der Waals surface area contributed by atoms with Crippen molar-refractivity contribution in [1.82, 2.24) is 0 Å². The average Bonchev–Trinajstić information content (AvgIpc) is 2.37. The van der Waals surface area contributed by atoms with Crippen LogP contribution in [0, 0.1) is 6.92 Å². The van der Waals surface area contributed by atoms with Crippen LogP contribution in [0.15, 0.2) is 51.8 Å². The second-order valence-corrected chi connectivity index (χ2v) is 6.62. The van der Waals surface area contributed by atoms with Crippen molar-refractivity contribution in [3.05, 3.63) is 63.6 Å². The van der Waals surface area contributed by atoms with E-state index in [1.54, 1.807) is 0 Å². The topological polar surface area (TPSA) is 26.0 Å². The molecule has 0 radical (unpaired) electrons. The molecule has 3 heteroatoms. The van der Waals surface area contributed by atoms with Gasteiger partial charge in [-0.15, -0.1) is 11.8 Å². The second kappa shape index (κ2) is 6.60. The molecule has 0 amide bonds. The molecule has 0 heterocycles. The average molecular weight is 336 g/mol. The van der Waals surface area contributed by atoms with Gasteiger partial charge in [-0.2, -0.15) is 0 Å². The maximum Gasteiger partial charge on any atom is 0.0277 e. The molecule has 100 valence electrons. The largest absolute Gasteiger partial charge is 0.324 e. The molecule has 0 spiro atoms. The standard InChI is InChI=1S/C16H18BrNS/c1-11-5-3-4-6-13(11)10-19-16-9-14(17)7-8-15(16)12(2)18/h3-9,12H,10,18H2,1-2H3. The SMILES string of the molecule is Cc1ccccc1CSc1cc(Br)ccc1C(C)N. The Morgan fingerprint density at radius 2 is 1.95 bits per heavy atom. The molecular weight excluding hydrogens is 318 g/mol. The van der Waals surface area contributed by atoms with Crippen molar-refractivity contribution < 1.29 is 0 Å². The fourth-order valence-corrected chi connectivity index (χ4v) is 3.72. The molecule has 2 N–H and O–H groups in total. The van der Waals surface area contributed by atoms with Gasteiger partial charge >= 0.3 is 0 Å². The monoisotopic (exact) mass is 335 g/mol. The third kappa shape index (κ3) is 3.85. The van der Waals surface area contributed by atoms with Crippen molar-refractivity contribution in [2.45, 2.75) is 30.5 Å². The summed E-state index contributed by atoms with van der Waals surface area (Å²) < 4.78 is 1.10. The second-order valence-electron chi connectivity index (χ2n) is 4.69. The summed E-state index contributed by atoms with van der Waals surface area (Å²) in [4.78, 5) is 1.26. The molecule has 19 heavy (non-hydrogen) atoms. The Morgan fingerprint density at radius 1 is 1.21 bits per heavy atom. The number of hydrogen-bond acceptors (Lipinski definition) is 2. The fourth-order valence-electron chi connectivity index (χ4n) is 1.94. The molecule has 0 aliphatic carbocycles. The first-order valence-corrected chi connectivity index (χ1v) is 8.08. The lowest BCUT2D eigenvalue weighted by Crippen LogP contribution is -2.06. The molecule has 2 aromatic rings. The molecule has 0 bridgehead atoms. The first-order valence-electron chi connectivity index (χ1n) is 6.30. The minimum absolute atomic E-state index is 0.0625. The zero-order valence-electron chi connectivity index (χ0n) is 11.2. The van der Waals surface area contributed by atoms with E-state index in [0.717, 1.165) is 10.2 Å². The summed E-state index contributed by atoms with van der Waals surface area (Å²) in [6.07, 6.45) is 0. The minimum atomic E-state index is 0.0625. The normalized spacial score (nSPS) is 12.4. The molecule has 2 rings (SSSR count). The van der Waals surface area contributed by atoms with Crippen molar-refractivity contribution in [3.63, 3.8) is 0 Å². The van der Waals surface area contributed by atoms with Gasteiger partial charge in [-0.05, 0) is 42.7 Å². The molecule has 0 saturated heterocycles. The van der Waals surface area contributed by atoms with Gasteiger partial charge in [0.05, 0.1) is 0 Å². The summed E-state index contributed by atoms with van der Waals surface area (Å²) >= 11 is 5.38. The summed E-state index contributed by atoms with van der Waals surface area (Å²) in [6, 6.07) is 14.9. The van der Waals surface area contributed by atoms with Crippen LogP contribution >= 0.6 is 27.7 Å². The maximum atomic E-state index is 6.03. The van der Waals surface area contributed by atoms with Crippen LogP contribution in [-0.2, 0) is 5.75 Å². The first kappa shape index (κ1) is 14.6. The fraction of sp³-hybridized carbons (Fsp3) is 0.250. The zero-order chi connectivity index (χ0) is 13.8. The van der Waals surface area contributed by atoms with Crippen LogP contribution in [0.5, 0.6) is 0 Å². The number of benzene rings is 2. The van der Waals surface area contributed by atoms with Crippen molar-refractivity contribution >= 4 is 27.7 Å². The highest BCUT2D eigenvalue weighted by Crippen LogP contribution is 2.32. The number of nitrogens with two attached hydrogens (primary N) is 1.